The number of aliphatic hydroxyl groups excluding tert-OH is 1. The number of aromatic nitrogens is 1. The van der Waals surface area contributed by atoms with Crippen LogP contribution in [0.15, 0.2) is 52.7 Å². The molecule has 3 heterocycles. The zero-order valence-corrected chi connectivity index (χ0v) is 35.2. The number of fused-ring (bicyclic) bond motifs is 4. The Morgan fingerprint density at radius 3 is 2.15 bits per heavy atom. The van der Waals surface area contributed by atoms with E-state index >= 15 is 0 Å². The van der Waals surface area contributed by atoms with Gasteiger partial charge in [-0.15, -0.1) is 40.5 Å². The van der Waals surface area contributed by atoms with E-state index in [1.54, 1.807) is 11.3 Å². The van der Waals surface area contributed by atoms with E-state index in [0.29, 0.717) is 0 Å². The molecule has 1 N–H and O–H groups in total. The van der Waals surface area contributed by atoms with Crippen LogP contribution in [0.3, 0.4) is 0 Å². The van der Waals surface area contributed by atoms with Crippen LogP contribution < -0.4 is 5.38 Å². The Hall–Kier alpha value is -2.57. The van der Waals surface area contributed by atoms with Crippen molar-refractivity contribution in [1.82, 2.24) is 4.98 Å². The van der Waals surface area contributed by atoms with E-state index in [1.807, 2.05) is 27.7 Å². The fraction of sp³-hybridized carbons (Fsp3) is 0.463. The topological polar surface area (TPSA) is 63.3 Å². The van der Waals surface area contributed by atoms with E-state index in [-0.39, 0.29) is 48.9 Å². The molecule has 7 heteroatoms. The molecule has 48 heavy (non-hydrogen) atoms. The smallest absolute Gasteiger partial charge is 0.162 e. The van der Waals surface area contributed by atoms with E-state index in [0.717, 1.165) is 64.2 Å². The number of benzene rings is 2. The molecule has 0 atom stereocenters. The maximum absolute atomic E-state index is 11.7. The van der Waals surface area contributed by atoms with Crippen LogP contribution in [0, 0.1) is 31.7 Å². The molecule has 261 valence electrons. The third-order valence-electron chi connectivity index (χ3n) is 9.43. The summed E-state index contributed by atoms with van der Waals surface area (Å²) in [7, 11) is -1.62. The molecule has 5 rings (SSSR count). The minimum absolute atomic E-state index is 0. The molecule has 0 aliphatic carbocycles. The van der Waals surface area contributed by atoms with Crippen molar-refractivity contribution in [3.8, 4) is 11.3 Å². The number of ketones is 1. The monoisotopic (exact) mass is 861 g/mol. The number of rotatable bonds is 9. The van der Waals surface area contributed by atoms with Crippen molar-refractivity contribution in [2.75, 3.05) is 0 Å². The number of hydrogen-bond donors (Lipinski definition) is 1. The van der Waals surface area contributed by atoms with Crippen molar-refractivity contribution in [2.24, 2.45) is 11.8 Å². The fourth-order valence-corrected chi connectivity index (χ4v) is 8.23. The molecular weight excluding hydrogens is 807 g/mol. The molecule has 5 aromatic rings. The van der Waals surface area contributed by atoms with E-state index in [4.69, 9.17) is 9.40 Å². The van der Waals surface area contributed by atoms with Gasteiger partial charge in [0.1, 0.15) is 13.7 Å². The molecule has 0 saturated carbocycles. The van der Waals surface area contributed by atoms with Crippen LogP contribution in [0.4, 0.5) is 0 Å². The number of hydrogen-bond acceptors (Lipinski definition) is 5. The normalized spacial score (nSPS) is 12.6. The largest absolute Gasteiger partial charge is 0.512 e. The van der Waals surface area contributed by atoms with Crippen LogP contribution in [0.5, 0.6) is 0 Å². The first-order valence-corrected chi connectivity index (χ1v) is 21.6. The number of aryl methyl sites for hydroxylation is 2. The van der Waals surface area contributed by atoms with E-state index < -0.39 is 8.07 Å². The van der Waals surface area contributed by atoms with Crippen molar-refractivity contribution >= 4 is 62.5 Å². The van der Waals surface area contributed by atoms with Gasteiger partial charge in [0.25, 0.3) is 0 Å². The van der Waals surface area contributed by atoms with E-state index in [9.17, 15) is 9.90 Å². The fourth-order valence-electron chi connectivity index (χ4n) is 6.14. The predicted molar refractivity (Wildman–Crippen MR) is 206 cm³/mol. The van der Waals surface area contributed by atoms with Gasteiger partial charge >= 0.3 is 0 Å². The van der Waals surface area contributed by atoms with Crippen LogP contribution >= 0.6 is 11.3 Å². The maximum Gasteiger partial charge on any atom is 0.162 e. The Kier molecular flexibility index (Phi) is 13.3. The summed E-state index contributed by atoms with van der Waals surface area (Å²) >= 11 is 1.80. The molecule has 0 amide bonds. The molecule has 0 fully saturated rings. The number of carbonyl (C=O) groups excluding carboxylic acids is 1. The zero-order valence-electron chi connectivity index (χ0n) is 31.0. The minimum Gasteiger partial charge on any atom is -0.512 e. The van der Waals surface area contributed by atoms with Gasteiger partial charge in [-0.25, -0.2) is 0 Å². The quantitative estimate of drug-likeness (QED) is 0.0694. The first-order valence-electron chi connectivity index (χ1n) is 17.3. The summed E-state index contributed by atoms with van der Waals surface area (Å²) in [4.78, 5) is 18.3. The Bertz CT molecular complexity index is 1910. The standard InChI is InChI=1S/C28H30NOSSi.C13H24O2.Ir/c1-16-17(2)31-27-24(16)29-25(21-15-23(30-26(21)27)32(6,7)8)19-13-18-11-9-10-12-20(18)22(14-19)28(3,4)5;1-5-10(6-2)12(14)9-13(15)11(7-3)8-4;/h9-12,14-15H,1-8H3;9-11,14H,5-8H2,1-4H3;/q-1;;/b;12-9-;. The summed E-state index contributed by atoms with van der Waals surface area (Å²) in [6.45, 7) is 26.2. The second-order valence-electron chi connectivity index (χ2n) is 14.9. The van der Waals surface area contributed by atoms with Crippen molar-refractivity contribution in [3.63, 3.8) is 0 Å². The summed E-state index contributed by atoms with van der Waals surface area (Å²) < 4.78 is 7.75. The molecule has 0 unspecified atom stereocenters. The van der Waals surface area contributed by atoms with Gasteiger partial charge in [-0.3, -0.25) is 9.78 Å². The number of nitrogens with zero attached hydrogens (tertiary/aromatic N) is 1. The van der Waals surface area contributed by atoms with Crippen LogP contribution in [0.1, 0.15) is 90.2 Å². The molecule has 0 bridgehead atoms. The summed E-state index contributed by atoms with van der Waals surface area (Å²) in [5.74, 6) is 0.547. The van der Waals surface area contributed by atoms with Crippen LogP contribution in [-0.4, -0.2) is 23.9 Å². The third kappa shape index (κ3) is 8.41. The summed E-state index contributed by atoms with van der Waals surface area (Å²) in [5.41, 5.74) is 6.67. The molecular formula is C41H54IrNO3SSi-. The van der Waals surface area contributed by atoms with Crippen molar-refractivity contribution in [3.05, 3.63) is 70.3 Å². The predicted octanol–water partition coefficient (Wildman–Crippen LogP) is 12.0. The van der Waals surface area contributed by atoms with Gasteiger partial charge in [-0.05, 0) is 56.6 Å². The summed E-state index contributed by atoms with van der Waals surface area (Å²) in [6.07, 6.45) is 4.91. The average Bonchev–Trinajstić information content (AvgIpc) is 3.59. The molecule has 4 nitrogen and oxygen atoms in total. The van der Waals surface area contributed by atoms with Crippen LogP contribution in [0.25, 0.3) is 43.2 Å². The molecule has 3 aromatic heterocycles. The minimum atomic E-state index is -1.62. The van der Waals surface area contributed by atoms with Gasteiger partial charge in [0.15, 0.2) is 5.78 Å². The van der Waals surface area contributed by atoms with Gasteiger partial charge in [-0.2, -0.15) is 0 Å². The number of pyridine rings is 1. The molecule has 2 aromatic carbocycles. The molecule has 1 radical (unpaired) electrons. The first-order chi connectivity index (χ1) is 22.0. The second-order valence-corrected chi connectivity index (χ2v) is 21.1. The van der Waals surface area contributed by atoms with E-state index in [2.05, 4.69) is 96.7 Å². The molecule has 0 spiro atoms. The number of aliphatic hydroxyl groups is 1. The SMILES string of the molecule is CCC(CC)C(=O)/C=C(\O)C(CC)CC.Cc1sc2c(nc(-c3[c-]c4ccccc4c(C(C)(C)C)c3)c3cc([Si](C)(C)C)oc32)c1C.[Ir]. The zero-order chi connectivity index (χ0) is 34.8. The number of thiophene rings is 1. The Morgan fingerprint density at radius 2 is 1.58 bits per heavy atom. The number of allylic oxidation sites excluding steroid dienone is 2. The van der Waals surface area contributed by atoms with Gasteiger partial charge in [0.05, 0.1) is 21.4 Å². The Morgan fingerprint density at radius 1 is 0.979 bits per heavy atom. The molecule has 0 aliphatic rings. The third-order valence-corrected chi connectivity index (χ3v) is 12.4. The van der Waals surface area contributed by atoms with Gasteiger partial charge < -0.3 is 9.52 Å². The number of carbonyl (C=O) groups is 1. The second kappa shape index (κ2) is 16.0. The van der Waals surface area contributed by atoms with E-state index in [1.165, 1.54) is 32.2 Å². The van der Waals surface area contributed by atoms with Gasteiger partial charge in [0.2, 0.25) is 0 Å². The van der Waals surface area contributed by atoms with Crippen LogP contribution in [-0.2, 0) is 30.3 Å². The van der Waals surface area contributed by atoms with Crippen molar-refractivity contribution < 1.29 is 34.4 Å². The molecule has 0 aliphatic heterocycles. The van der Waals surface area contributed by atoms with Crippen LogP contribution in [0.2, 0.25) is 19.6 Å². The average molecular weight is 861 g/mol. The molecule has 0 saturated heterocycles. The van der Waals surface area contributed by atoms with Crippen molar-refractivity contribution in [1.29, 1.82) is 0 Å². The Balaban J connectivity index is 0.000000334. The summed E-state index contributed by atoms with van der Waals surface area (Å²) in [6, 6.07) is 16.8. The Labute approximate surface area is 306 Å². The number of furan rings is 1. The summed E-state index contributed by atoms with van der Waals surface area (Å²) in [5, 5.41) is 14.4. The first kappa shape index (κ1) is 39.9. The van der Waals surface area contributed by atoms with Gasteiger partial charge in [-0.1, -0.05) is 97.3 Å². The maximum atomic E-state index is 11.7. The van der Waals surface area contributed by atoms with Gasteiger partial charge in [0, 0.05) is 54.0 Å². The van der Waals surface area contributed by atoms with Crippen molar-refractivity contribution in [2.45, 2.75) is 113 Å².